The number of likely N-dealkylation sites (tertiary alicyclic amines) is 1. The molecule has 0 bridgehead atoms. The molecule has 9 heteroatoms. The molecule has 0 N–H and O–H groups in total. The van der Waals surface area contributed by atoms with Crippen LogP contribution in [0.2, 0.25) is 0 Å². The Morgan fingerprint density at radius 2 is 2.03 bits per heavy atom. The summed E-state index contributed by atoms with van der Waals surface area (Å²) in [4.78, 5) is 34.4. The van der Waals surface area contributed by atoms with Gasteiger partial charge < -0.3 is 9.64 Å². The maximum atomic E-state index is 13.9. The molecule has 3 atom stereocenters. The first-order chi connectivity index (χ1) is 16.5. The van der Waals surface area contributed by atoms with E-state index >= 15 is 0 Å². The van der Waals surface area contributed by atoms with Gasteiger partial charge in [-0.25, -0.2) is 0 Å². The molecule has 2 fully saturated rings. The second-order valence-corrected chi connectivity index (χ2v) is 10.6. The van der Waals surface area contributed by atoms with Crippen LogP contribution in [-0.4, -0.2) is 58.9 Å². The molecule has 2 unspecified atom stereocenters. The number of ether oxygens (including phenoxy) is 1. The van der Waals surface area contributed by atoms with Crippen molar-refractivity contribution in [2.45, 2.75) is 78.1 Å². The fourth-order valence-electron chi connectivity index (χ4n) is 6.19. The first-order valence-corrected chi connectivity index (χ1v) is 12.8. The third kappa shape index (κ3) is 5.20. The first kappa shape index (κ1) is 25.9. The van der Waals surface area contributed by atoms with Gasteiger partial charge in [0.25, 0.3) is 0 Å². The van der Waals surface area contributed by atoms with Crippen molar-refractivity contribution in [1.82, 2.24) is 14.8 Å². The quantitative estimate of drug-likeness (QED) is 0.565. The number of rotatable bonds is 5. The molecule has 0 radical (unpaired) electrons. The zero-order valence-corrected chi connectivity index (χ0v) is 20.9. The Hall–Kier alpha value is -2.16. The Labute approximate surface area is 205 Å². The molecular weight excluding hydrogens is 459 g/mol. The fourth-order valence-corrected chi connectivity index (χ4v) is 6.19. The van der Waals surface area contributed by atoms with Gasteiger partial charge in [-0.05, 0) is 63.1 Å². The third-order valence-electron chi connectivity index (χ3n) is 8.30. The molecule has 194 valence electrons. The number of halogens is 3. The minimum Gasteiger partial charge on any atom is -0.466 e. The van der Waals surface area contributed by atoms with E-state index in [-0.39, 0.29) is 36.3 Å². The summed E-state index contributed by atoms with van der Waals surface area (Å²) in [6, 6.07) is 1.36. The van der Waals surface area contributed by atoms with Crippen LogP contribution in [0.3, 0.4) is 0 Å². The van der Waals surface area contributed by atoms with Crippen molar-refractivity contribution in [1.29, 1.82) is 0 Å². The van der Waals surface area contributed by atoms with Crippen molar-refractivity contribution < 1.29 is 27.5 Å². The van der Waals surface area contributed by atoms with Gasteiger partial charge in [-0.3, -0.25) is 19.5 Å². The van der Waals surface area contributed by atoms with E-state index in [1.165, 1.54) is 0 Å². The average molecular weight is 496 g/mol. The third-order valence-corrected chi connectivity index (χ3v) is 8.30. The summed E-state index contributed by atoms with van der Waals surface area (Å²) in [5.41, 5.74) is -0.190. The van der Waals surface area contributed by atoms with Gasteiger partial charge in [0, 0.05) is 44.0 Å². The molecule has 1 aromatic rings. The van der Waals surface area contributed by atoms with Crippen molar-refractivity contribution in [2.24, 2.45) is 17.3 Å². The van der Waals surface area contributed by atoms with E-state index in [2.05, 4.69) is 23.7 Å². The number of amides is 1. The lowest BCUT2D eigenvalue weighted by molar-refractivity contribution is -0.151. The van der Waals surface area contributed by atoms with Crippen molar-refractivity contribution in [3.8, 4) is 0 Å². The summed E-state index contributed by atoms with van der Waals surface area (Å²) in [6.07, 6.45) is 0.991. The maximum absolute atomic E-state index is 13.9. The van der Waals surface area contributed by atoms with Crippen LogP contribution in [0.4, 0.5) is 13.2 Å². The smallest absolute Gasteiger partial charge is 0.417 e. The zero-order chi connectivity index (χ0) is 25.4. The Morgan fingerprint density at radius 3 is 2.71 bits per heavy atom. The van der Waals surface area contributed by atoms with E-state index in [4.69, 9.17) is 4.74 Å². The Balaban J connectivity index is 1.48. The Kier molecular flexibility index (Phi) is 7.46. The molecular formula is C26H36F3N3O3. The maximum Gasteiger partial charge on any atom is 0.417 e. The number of fused-ring (bicyclic) bond motifs is 1. The van der Waals surface area contributed by atoms with Gasteiger partial charge in [-0.2, -0.15) is 13.2 Å². The van der Waals surface area contributed by atoms with Gasteiger partial charge in [0.05, 0.1) is 23.5 Å². The Bertz CT molecular complexity index is 952. The number of alkyl halides is 3. The number of aromatic nitrogens is 1. The van der Waals surface area contributed by atoms with Crippen molar-refractivity contribution in [2.75, 3.05) is 26.2 Å². The molecule has 0 spiro atoms. The summed E-state index contributed by atoms with van der Waals surface area (Å²) in [6.45, 7) is 8.54. The van der Waals surface area contributed by atoms with Gasteiger partial charge in [0.15, 0.2) is 0 Å². The van der Waals surface area contributed by atoms with Gasteiger partial charge in [0.2, 0.25) is 5.91 Å². The zero-order valence-electron chi connectivity index (χ0n) is 20.9. The summed E-state index contributed by atoms with van der Waals surface area (Å²) in [5, 5.41) is 0. The van der Waals surface area contributed by atoms with E-state index in [1.807, 2.05) is 6.92 Å². The predicted molar refractivity (Wildman–Crippen MR) is 124 cm³/mol. The number of hydrogen-bond donors (Lipinski definition) is 0. The highest BCUT2D eigenvalue weighted by atomic mass is 19.4. The first-order valence-electron chi connectivity index (χ1n) is 12.8. The summed E-state index contributed by atoms with van der Waals surface area (Å²) >= 11 is 0. The molecule has 4 rings (SSSR count). The second-order valence-electron chi connectivity index (χ2n) is 10.6. The number of hydrogen-bond acceptors (Lipinski definition) is 5. The van der Waals surface area contributed by atoms with E-state index in [1.54, 1.807) is 4.90 Å². The lowest BCUT2D eigenvalue weighted by atomic mass is 9.73. The molecule has 1 amide bonds. The molecule has 2 aliphatic heterocycles. The van der Waals surface area contributed by atoms with Gasteiger partial charge >= 0.3 is 12.1 Å². The minimum absolute atomic E-state index is 0.0389. The number of piperidine rings is 1. The highest BCUT2D eigenvalue weighted by Gasteiger charge is 2.51. The highest BCUT2D eigenvalue weighted by Crippen LogP contribution is 2.48. The number of esters is 1. The molecule has 1 saturated heterocycles. The van der Waals surface area contributed by atoms with Crippen LogP contribution >= 0.6 is 0 Å². The predicted octanol–water partition coefficient (Wildman–Crippen LogP) is 4.46. The molecule has 1 aliphatic carbocycles. The molecule has 6 nitrogen and oxygen atoms in total. The standard InChI is InChI=1S/C26H36F3N3O3/c1-4-35-23(33)18-6-5-10-31(15-18)21-7-9-25(13-21,17(2)3)24(34)32-11-8-22-19(16-32)12-20(14-30-22)26(27,28)29/h12,14,17-18,21H,4-11,13,15-16H2,1-3H3/t18?,21?,25-/m0/s1. The minimum atomic E-state index is -4.46. The normalized spacial score (nSPS) is 27.7. The lowest BCUT2D eigenvalue weighted by Gasteiger charge is -2.41. The van der Waals surface area contributed by atoms with Crippen molar-refractivity contribution >= 4 is 11.9 Å². The summed E-state index contributed by atoms with van der Waals surface area (Å²) < 4.78 is 44.9. The van der Waals surface area contributed by atoms with Crippen LogP contribution < -0.4 is 0 Å². The van der Waals surface area contributed by atoms with E-state index in [0.717, 1.165) is 44.5 Å². The highest BCUT2D eigenvalue weighted by molar-refractivity contribution is 5.84. The number of pyridine rings is 1. The second kappa shape index (κ2) is 10.1. The van der Waals surface area contributed by atoms with Crippen LogP contribution in [0.15, 0.2) is 12.3 Å². The van der Waals surface area contributed by atoms with Gasteiger partial charge in [-0.15, -0.1) is 0 Å². The van der Waals surface area contributed by atoms with E-state index in [0.29, 0.717) is 43.8 Å². The molecule has 3 aliphatic rings. The van der Waals surface area contributed by atoms with Crippen LogP contribution in [0.5, 0.6) is 0 Å². The largest absolute Gasteiger partial charge is 0.466 e. The van der Waals surface area contributed by atoms with Crippen LogP contribution in [0.1, 0.15) is 69.7 Å². The molecule has 1 saturated carbocycles. The lowest BCUT2D eigenvalue weighted by Crippen LogP contribution is -2.49. The number of carbonyl (C=O) groups is 2. The summed E-state index contributed by atoms with van der Waals surface area (Å²) in [5.74, 6) is -0.119. The number of carbonyl (C=O) groups excluding carboxylic acids is 2. The topological polar surface area (TPSA) is 62.7 Å². The summed E-state index contributed by atoms with van der Waals surface area (Å²) in [7, 11) is 0. The van der Waals surface area contributed by atoms with Gasteiger partial charge in [0.1, 0.15) is 0 Å². The van der Waals surface area contributed by atoms with E-state index < -0.39 is 17.2 Å². The number of nitrogens with zero attached hydrogens (tertiary/aromatic N) is 3. The monoisotopic (exact) mass is 495 g/mol. The fraction of sp³-hybridized carbons (Fsp3) is 0.731. The van der Waals surface area contributed by atoms with Crippen LogP contribution in [-0.2, 0) is 33.5 Å². The molecule has 1 aromatic heterocycles. The van der Waals surface area contributed by atoms with E-state index in [9.17, 15) is 22.8 Å². The van der Waals surface area contributed by atoms with Crippen molar-refractivity contribution in [3.63, 3.8) is 0 Å². The van der Waals surface area contributed by atoms with Crippen LogP contribution in [0.25, 0.3) is 0 Å². The molecule has 3 heterocycles. The van der Waals surface area contributed by atoms with Crippen LogP contribution in [0, 0.1) is 17.3 Å². The molecule has 35 heavy (non-hydrogen) atoms. The SMILES string of the molecule is CCOC(=O)C1CCCN(C2CC[C@@](C(=O)N3CCc4ncc(C(F)(F)F)cc4C3)(C(C)C)C2)C1. The van der Waals surface area contributed by atoms with Crippen molar-refractivity contribution in [3.05, 3.63) is 29.1 Å². The Morgan fingerprint density at radius 1 is 1.26 bits per heavy atom. The average Bonchev–Trinajstić information content (AvgIpc) is 3.29. The molecule has 0 aromatic carbocycles. The van der Waals surface area contributed by atoms with Gasteiger partial charge in [-0.1, -0.05) is 13.8 Å².